The van der Waals surface area contributed by atoms with Crippen LogP contribution in [0, 0.1) is 0 Å². The van der Waals surface area contributed by atoms with Gasteiger partial charge in [0.1, 0.15) is 23.0 Å². The second-order valence-electron chi connectivity index (χ2n) is 7.74. The topological polar surface area (TPSA) is 116 Å². The molecule has 11 heteroatoms. The third-order valence-electron chi connectivity index (χ3n) is 5.53. The van der Waals surface area contributed by atoms with Crippen molar-refractivity contribution in [2.75, 3.05) is 38.4 Å². The first kappa shape index (κ1) is 24.9. The van der Waals surface area contributed by atoms with Crippen molar-refractivity contribution in [3.05, 3.63) is 70.5 Å². The number of nitrogens with one attached hydrogen (secondary N) is 2. The van der Waals surface area contributed by atoms with Crippen LogP contribution >= 0.6 is 11.6 Å². The normalized spacial score (nSPS) is 10.8. The number of pyridine rings is 1. The van der Waals surface area contributed by atoms with Crippen molar-refractivity contribution in [1.29, 1.82) is 0 Å². The average Bonchev–Trinajstić information content (AvgIpc) is 2.91. The molecule has 1 aromatic carbocycles. The van der Waals surface area contributed by atoms with Gasteiger partial charge in [-0.2, -0.15) is 4.98 Å². The van der Waals surface area contributed by atoms with Gasteiger partial charge >= 0.3 is 0 Å². The summed E-state index contributed by atoms with van der Waals surface area (Å²) < 4.78 is 12.4. The second kappa shape index (κ2) is 11.0. The summed E-state index contributed by atoms with van der Waals surface area (Å²) in [6, 6.07) is 5.11. The highest BCUT2D eigenvalue weighted by molar-refractivity contribution is 6.35. The molecule has 0 saturated heterocycles. The molecule has 4 rings (SSSR count). The first-order valence-electron chi connectivity index (χ1n) is 11.1. The molecule has 10 nitrogen and oxygen atoms in total. The van der Waals surface area contributed by atoms with Gasteiger partial charge in [0.05, 0.1) is 37.3 Å². The molecule has 0 radical (unpaired) electrons. The third-order valence-corrected chi connectivity index (χ3v) is 5.92. The highest BCUT2D eigenvalue weighted by Gasteiger charge is 2.19. The van der Waals surface area contributed by atoms with E-state index in [-0.39, 0.29) is 5.56 Å². The van der Waals surface area contributed by atoms with Crippen molar-refractivity contribution in [2.24, 2.45) is 0 Å². The maximum atomic E-state index is 13.8. The van der Waals surface area contributed by atoms with E-state index in [2.05, 4.69) is 37.1 Å². The summed E-state index contributed by atoms with van der Waals surface area (Å²) in [5.41, 5.74) is 1.82. The summed E-state index contributed by atoms with van der Waals surface area (Å²) in [5, 5.41) is 6.99. The van der Waals surface area contributed by atoms with Gasteiger partial charge in [0.15, 0.2) is 0 Å². The number of hydrogen-bond acceptors (Lipinski definition) is 9. The summed E-state index contributed by atoms with van der Waals surface area (Å²) in [7, 11) is 4.77. The van der Waals surface area contributed by atoms with Crippen molar-refractivity contribution < 1.29 is 9.47 Å². The number of benzene rings is 1. The molecule has 0 bridgehead atoms. The van der Waals surface area contributed by atoms with Crippen LogP contribution in [0.5, 0.6) is 11.5 Å². The Kier molecular flexibility index (Phi) is 7.65. The van der Waals surface area contributed by atoms with E-state index in [9.17, 15) is 4.79 Å². The standard InChI is InChI=1S/C25H26ClN7O3/c1-5-7-28-21-14-29-16(13-30-21)6-8-33-23-15(12-31-25(27-2)32-23)9-19(24(33)34)18-10-17(35-3)11-20(36-4)22(18)26/h5,9-14H,1,6-8H2,2-4H3,(H,28,30)(H,27,31,32). The quantitative estimate of drug-likeness (QED) is 0.309. The largest absolute Gasteiger partial charge is 0.497 e. The van der Waals surface area contributed by atoms with Crippen LogP contribution in [0.2, 0.25) is 5.02 Å². The van der Waals surface area contributed by atoms with Crippen molar-refractivity contribution in [2.45, 2.75) is 13.0 Å². The van der Waals surface area contributed by atoms with Gasteiger partial charge in [-0.15, -0.1) is 6.58 Å². The minimum absolute atomic E-state index is 0.266. The van der Waals surface area contributed by atoms with Gasteiger partial charge in [0, 0.05) is 55.3 Å². The number of anilines is 2. The van der Waals surface area contributed by atoms with E-state index in [0.717, 1.165) is 5.69 Å². The lowest BCUT2D eigenvalue weighted by Gasteiger charge is -2.15. The van der Waals surface area contributed by atoms with E-state index in [0.29, 0.717) is 70.0 Å². The van der Waals surface area contributed by atoms with Gasteiger partial charge in [-0.3, -0.25) is 14.3 Å². The molecular formula is C25H26ClN7O3. The molecular weight excluding hydrogens is 482 g/mol. The molecule has 4 aromatic rings. The van der Waals surface area contributed by atoms with Gasteiger partial charge in [-0.1, -0.05) is 17.7 Å². The minimum atomic E-state index is -0.266. The van der Waals surface area contributed by atoms with Crippen LogP contribution in [0.1, 0.15) is 5.69 Å². The molecule has 0 atom stereocenters. The fraction of sp³-hybridized carbons (Fsp3) is 0.240. The molecule has 0 amide bonds. The lowest BCUT2D eigenvalue weighted by molar-refractivity contribution is 0.395. The predicted octanol–water partition coefficient (Wildman–Crippen LogP) is 3.80. The van der Waals surface area contributed by atoms with Crippen LogP contribution in [0.15, 0.2) is 54.2 Å². The Bertz CT molecular complexity index is 1460. The molecule has 0 spiro atoms. The monoisotopic (exact) mass is 507 g/mol. The number of hydrogen-bond donors (Lipinski definition) is 2. The Hall–Kier alpha value is -4.18. The Morgan fingerprint density at radius 1 is 1.08 bits per heavy atom. The Morgan fingerprint density at radius 3 is 2.58 bits per heavy atom. The third kappa shape index (κ3) is 5.08. The van der Waals surface area contributed by atoms with E-state index in [4.69, 9.17) is 21.1 Å². The number of methoxy groups -OCH3 is 2. The van der Waals surface area contributed by atoms with Crippen LogP contribution in [0.4, 0.5) is 11.8 Å². The van der Waals surface area contributed by atoms with Crippen LogP contribution < -0.4 is 25.7 Å². The molecule has 0 saturated carbocycles. The van der Waals surface area contributed by atoms with Crippen molar-refractivity contribution in [1.82, 2.24) is 24.5 Å². The van der Waals surface area contributed by atoms with E-state index in [1.165, 1.54) is 14.2 Å². The summed E-state index contributed by atoms with van der Waals surface area (Å²) in [4.78, 5) is 31.5. The number of fused-ring (bicyclic) bond motifs is 1. The molecule has 0 fully saturated rings. The van der Waals surface area contributed by atoms with E-state index in [1.807, 2.05) is 0 Å². The maximum Gasteiger partial charge on any atom is 0.260 e. The fourth-order valence-electron chi connectivity index (χ4n) is 3.69. The molecule has 0 aliphatic rings. The average molecular weight is 508 g/mol. The van der Waals surface area contributed by atoms with E-state index >= 15 is 0 Å². The number of aryl methyl sites for hydroxylation is 2. The van der Waals surface area contributed by atoms with Crippen molar-refractivity contribution in [3.63, 3.8) is 0 Å². The molecule has 3 aromatic heterocycles. The number of aromatic nitrogens is 5. The molecule has 0 aliphatic carbocycles. The van der Waals surface area contributed by atoms with Gasteiger partial charge in [-0.25, -0.2) is 9.97 Å². The number of rotatable bonds is 10. The highest BCUT2D eigenvalue weighted by Crippen LogP contribution is 2.38. The van der Waals surface area contributed by atoms with Crippen LogP contribution in [-0.4, -0.2) is 52.3 Å². The van der Waals surface area contributed by atoms with E-state index < -0.39 is 0 Å². The summed E-state index contributed by atoms with van der Waals surface area (Å²) in [6.45, 7) is 4.58. The van der Waals surface area contributed by atoms with Gasteiger partial charge in [-0.05, 0) is 12.1 Å². The van der Waals surface area contributed by atoms with Gasteiger partial charge < -0.3 is 20.1 Å². The maximum absolute atomic E-state index is 13.8. The lowest BCUT2D eigenvalue weighted by atomic mass is 10.0. The summed E-state index contributed by atoms with van der Waals surface area (Å²) in [6.07, 6.45) is 7.20. The van der Waals surface area contributed by atoms with E-state index in [1.54, 1.807) is 54.5 Å². The van der Waals surface area contributed by atoms with Gasteiger partial charge in [0.25, 0.3) is 5.56 Å². The van der Waals surface area contributed by atoms with Crippen LogP contribution in [-0.2, 0) is 13.0 Å². The number of ether oxygens (including phenoxy) is 2. The molecule has 0 unspecified atom stereocenters. The first-order valence-corrected chi connectivity index (χ1v) is 11.5. The SMILES string of the molecule is C=CCNc1cnc(CCn2c(=O)c(-c3cc(OC)cc(OC)c3Cl)cc3cnc(NC)nc32)cn1. The molecule has 2 N–H and O–H groups in total. The van der Waals surface area contributed by atoms with Crippen molar-refractivity contribution in [3.8, 4) is 22.6 Å². The van der Waals surface area contributed by atoms with Crippen LogP contribution in [0.3, 0.4) is 0 Å². The van der Waals surface area contributed by atoms with Gasteiger partial charge in [0.2, 0.25) is 5.95 Å². The predicted molar refractivity (Wildman–Crippen MR) is 141 cm³/mol. The molecule has 36 heavy (non-hydrogen) atoms. The smallest absolute Gasteiger partial charge is 0.260 e. The zero-order valence-corrected chi connectivity index (χ0v) is 21.0. The first-order chi connectivity index (χ1) is 17.5. The number of halogens is 1. The summed E-state index contributed by atoms with van der Waals surface area (Å²) in [5.74, 6) is 1.97. The molecule has 186 valence electrons. The second-order valence-corrected chi connectivity index (χ2v) is 8.12. The minimum Gasteiger partial charge on any atom is -0.497 e. The van der Waals surface area contributed by atoms with Crippen LogP contribution in [0.25, 0.3) is 22.2 Å². The summed E-state index contributed by atoms with van der Waals surface area (Å²) >= 11 is 6.62. The fourth-order valence-corrected chi connectivity index (χ4v) is 3.98. The lowest BCUT2D eigenvalue weighted by Crippen LogP contribution is -2.24. The molecule has 0 aliphatic heterocycles. The van der Waals surface area contributed by atoms with Crippen molar-refractivity contribution >= 4 is 34.4 Å². The number of nitrogens with zero attached hydrogens (tertiary/aromatic N) is 5. The Balaban J connectivity index is 1.81. The Labute approximate surface area is 213 Å². The zero-order chi connectivity index (χ0) is 25.7. The molecule has 3 heterocycles. The highest BCUT2D eigenvalue weighted by atomic mass is 35.5. The zero-order valence-electron chi connectivity index (χ0n) is 20.2. The Morgan fingerprint density at radius 2 is 1.92 bits per heavy atom.